The predicted molar refractivity (Wildman–Crippen MR) is 114 cm³/mol. The maximum absolute atomic E-state index is 11.3. The number of aromatic nitrogens is 1. The van der Waals surface area contributed by atoms with Crippen LogP contribution in [0.15, 0.2) is 23.2 Å². The molecule has 2 aliphatic rings. The van der Waals surface area contributed by atoms with E-state index in [2.05, 4.69) is 44.0 Å². The number of hydrogen-bond donors (Lipinski definition) is 1. The lowest BCUT2D eigenvalue weighted by Crippen LogP contribution is -2.20. The average Bonchev–Trinajstić information content (AvgIpc) is 2.87. The molecule has 158 valence electrons. The zero-order valence-electron chi connectivity index (χ0n) is 17.7. The first kappa shape index (κ1) is 20.4. The standard InChI is InChI=1S/C23H32N2O4/c1-15(2)16(3)10-17-4-5-21-19(11-17)22(20-14-27-7-6-24-20)23(26)25(21)18-12-28-8-9-29-13-18/h4-5,11,15-16,18,26H,6-10,12-14H2,1-3H3. The summed E-state index contributed by atoms with van der Waals surface area (Å²) in [4.78, 5) is 4.66. The highest BCUT2D eigenvalue weighted by Gasteiger charge is 2.27. The molecule has 3 heterocycles. The van der Waals surface area contributed by atoms with Crippen LogP contribution < -0.4 is 0 Å². The van der Waals surface area contributed by atoms with Crippen LogP contribution in [0.5, 0.6) is 5.88 Å². The molecule has 0 aliphatic carbocycles. The van der Waals surface area contributed by atoms with Gasteiger partial charge in [-0.25, -0.2) is 0 Å². The van der Waals surface area contributed by atoms with E-state index < -0.39 is 0 Å². The van der Waals surface area contributed by atoms with Crippen LogP contribution in [0.1, 0.15) is 37.9 Å². The van der Waals surface area contributed by atoms with Crippen LogP contribution in [0, 0.1) is 11.8 Å². The van der Waals surface area contributed by atoms with E-state index in [1.54, 1.807) is 0 Å². The van der Waals surface area contributed by atoms with Crippen LogP contribution in [0.3, 0.4) is 0 Å². The molecule has 6 heteroatoms. The quantitative estimate of drug-likeness (QED) is 0.833. The molecule has 2 aliphatic heterocycles. The van der Waals surface area contributed by atoms with Crippen LogP contribution in [-0.2, 0) is 20.6 Å². The second kappa shape index (κ2) is 8.86. The van der Waals surface area contributed by atoms with Gasteiger partial charge >= 0.3 is 0 Å². The van der Waals surface area contributed by atoms with Gasteiger partial charge in [-0.1, -0.05) is 26.8 Å². The Labute approximate surface area is 172 Å². The molecule has 1 aromatic carbocycles. The molecule has 1 saturated heterocycles. The molecule has 1 N–H and O–H groups in total. The molecule has 0 amide bonds. The predicted octanol–water partition coefficient (Wildman–Crippen LogP) is 3.59. The summed E-state index contributed by atoms with van der Waals surface area (Å²) in [6.07, 6.45) is 1.01. The van der Waals surface area contributed by atoms with Gasteiger partial charge in [0.2, 0.25) is 5.88 Å². The lowest BCUT2D eigenvalue weighted by atomic mass is 9.90. The third-order valence-electron chi connectivity index (χ3n) is 6.16. The van der Waals surface area contributed by atoms with E-state index in [1.165, 1.54) is 5.56 Å². The van der Waals surface area contributed by atoms with Crippen molar-refractivity contribution >= 4 is 16.6 Å². The number of fused-ring (bicyclic) bond motifs is 1. The van der Waals surface area contributed by atoms with Crippen molar-refractivity contribution < 1.29 is 19.3 Å². The van der Waals surface area contributed by atoms with Gasteiger partial charge in [0.05, 0.1) is 69.0 Å². The van der Waals surface area contributed by atoms with E-state index in [4.69, 9.17) is 14.2 Å². The summed E-state index contributed by atoms with van der Waals surface area (Å²) in [7, 11) is 0. The van der Waals surface area contributed by atoms with Crippen molar-refractivity contribution in [3.8, 4) is 5.88 Å². The average molecular weight is 401 g/mol. The lowest BCUT2D eigenvalue weighted by molar-refractivity contribution is 0.103. The van der Waals surface area contributed by atoms with E-state index in [1.807, 2.05) is 4.57 Å². The second-order valence-electron chi connectivity index (χ2n) is 8.53. The summed E-state index contributed by atoms with van der Waals surface area (Å²) in [6.45, 7) is 10.7. The minimum absolute atomic E-state index is 0.0701. The molecule has 1 aromatic heterocycles. The summed E-state index contributed by atoms with van der Waals surface area (Å²) < 4.78 is 19.0. The first-order valence-electron chi connectivity index (χ1n) is 10.7. The van der Waals surface area contributed by atoms with Gasteiger partial charge in [-0.05, 0) is 36.0 Å². The Kier molecular flexibility index (Phi) is 6.23. The van der Waals surface area contributed by atoms with Gasteiger partial charge in [0, 0.05) is 5.39 Å². The minimum atomic E-state index is -0.0701. The largest absolute Gasteiger partial charge is 0.494 e. The van der Waals surface area contributed by atoms with E-state index in [-0.39, 0.29) is 11.9 Å². The number of aliphatic imine (C=N–C) groups is 1. The Balaban J connectivity index is 1.82. The van der Waals surface area contributed by atoms with Gasteiger partial charge in [0.1, 0.15) is 0 Å². The summed E-state index contributed by atoms with van der Waals surface area (Å²) in [5.74, 6) is 1.45. The molecule has 2 aromatic rings. The number of rotatable bonds is 5. The Morgan fingerprint density at radius 3 is 2.52 bits per heavy atom. The maximum atomic E-state index is 11.3. The van der Waals surface area contributed by atoms with Crippen LogP contribution >= 0.6 is 0 Å². The Bertz CT molecular complexity index is 879. The van der Waals surface area contributed by atoms with Crippen molar-refractivity contribution in [3.05, 3.63) is 29.3 Å². The number of ether oxygens (including phenoxy) is 3. The van der Waals surface area contributed by atoms with Gasteiger partial charge in [0.25, 0.3) is 0 Å². The van der Waals surface area contributed by atoms with Gasteiger partial charge in [-0.15, -0.1) is 0 Å². The number of aromatic hydroxyl groups is 1. The first-order chi connectivity index (χ1) is 14.1. The molecule has 0 spiro atoms. The first-order valence-corrected chi connectivity index (χ1v) is 10.7. The zero-order valence-corrected chi connectivity index (χ0v) is 17.7. The Morgan fingerprint density at radius 1 is 1.10 bits per heavy atom. The fourth-order valence-electron chi connectivity index (χ4n) is 4.10. The summed E-state index contributed by atoms with van der Waals surface area (Å²) >= 11 is 0. The van der Waals surface area contributed by atoms with Crippen molar-refractivity contribution in [1.29, 1.82) is 0 Å². The number of nitrogens with zero attached hydrogens (tertiary/aromatic N) is 2. The molecule has 0 saturated carbocycles. The van der Waals surface area contributed by atoms with Crippen LogP contribution in [0.2, 0.25) is 0 Å². The van der Waals surface area contributed by atoms with E-state index in [0.29, 0.717) is 58.0 Å². The fourth-order valence-corrected chi connectivity index (χ4v) is 4.10. The SMILES string of the molecule is CC(C)C(C)Cc1ccc2c(c1)c(C1=NCCOC1)c(O)n2C1COCCOC1. The Hall–Kier alpha value is -1.89. The van der Waals surface area contributed by atoms with Crippen LogP contribution in [0.25, 0.3) is 10.9 Å². The number of benzene rings is 1. The van der Waals surface area contributed by atoms with E-state index in [0.717, 1.165) is 28.6 Å². The van der Waals surface area contributed by atoms with Crippen LogP contribution in [0.4, 0.5) is 0 Å². The third kappa shape index (κ3) is 4.20. The molecule has 29 heavy (non-hydrogen) atoms. The lowest BCUT2D eigenvalue weighted by Gasteiger charge is -2.19. The molecule has 6 nitrogen and oxygen atoms in total. The molecule has 0 radical (unpaired) electrons. The van der Waals surface area contributed by atoms with Gasteiger partial charge in [0.15, 0.2) is 0 Å². The van der Waals surface area contributed by atoms with E-state index in [9.17, 15) is 5.11 Å². The molecule has 1 fully saturated rings. The molecule has 0 bridgehead atoms. The fraction of sp³-hybridized carbons (Fsp3) is 0.609. The molecule has 4 rings (SSSR count). The number of hydrogen-bond acceptors (Lipinski definition) is 5. The molecular formula is C23H32N2O4. The van der Waals surface area contributed by atoms with Crippen molar-refractivity contribution in [2.75, 3.05) is 46.2 Å². The summed E-state index contributed by atoms with van der Waals surface area (Å²) in [6, 6.07) is 6.45. The highest BCUT2D eigenvalue weighted by atomic mass is 16.5. The van der Waals surface area contributed by atoms with Gasteiger partial charge in [-0.3, -0.25) is 4.99 Å². The van der Waals surface area contributed by atoms with Crippen molar-refractivity contribution in [1.82, 2.24) is 4.57 Å². The van der Waals surface area contributed by atoms with Crippen LogP contribution in [-0.4, -0.2) is 61.6 Å². The van der Waals surface area contributed by atoms with Gasteiger partial charge in [-0.2, -0.15) is 0 Å². The maximum Gasteiger partial charge on any atom is 0.201 e. The molecule has 1 unspecified atom stereocenters. The smallest absolute Gasteiger partial charge is 0.201 e. The zero-order chi connectivity index (χ0) is 20.4. The minimum Gasteiger partial charge on any atom is -0.494 e. The third-order valence-corrected chi connectivity index (χ3v) is 6.16. The second-order valence-corrected chi connectivity index (χ2v) is 8.53. The summed E-state index contributed by atoms with van der Waals surface area (Å²) in [5.41, 5.74) is 3.89. The molecular weight excluding hydrogens is 368 g/mol. The highest BCUT2D eigenvalue weighted by molar-refractivity contribution is 6.14. The van der Waals surface area contributed by atoms with Crippen molar-refractivity contribution in [2.24, 2.45) is 16.8 Å². The summed E-state index contributed by atoms with van der Waals surface area (Å²) in [5, 5.41) is 12.3. The van der Waals surface area contributed by atoms with E-state index >= 15 is 0 Å². The Morgan fingerprint density at radius 2 is 1.86 bits per heavy atom. The monoisotopic (exact) mass is 400 g/mol. The van der Waals surface area contributed by atoms with Crippen molar-refractivity contribution in [3.63, 3.8) is 0 Å². The van der Waals surface area contributed by atoms with Crippen molar-refractivity contribution in [2.45, 2.75) is 33.2 Å². The van der Waals surface area contributed by atoms with Gasteiger partial charge < -0.3 is 23.9 Å². The molecule has 1 atom stereocenters. The topological polar surface area (TPSA) is 65.2 Å². The normalized spacial score (nSPS) is 20.1. The highest BCUT2D eigenvalue weighted by Crippen LogP contribution is 2.37.